The lowest BCUT2D eigenvalue weighted by Gasteiger charge is -2.09. The van der Waals surface area contributed by atoms with E-state index in [1.807, 2.05) is 12.1 Å². The predicted molar refractivity (Wildman–Crippen MR) is 58.4 cm³/mol. The molecule has 96 valence electrons. The van der Waals surface area contributed by atoms with Crippen LogP contribution < -0.4 is 10.1 Å². The minimum atomic E-state index is -4.28. The van der Waals surface area contributed by atoms with E-state index < -0.39 is 12.8 Å². The molecule has 0 fully saturated rings. The van der Waals surface area contributed by atoms with Crippen LogP contribution in [-0.2, 0) is 4.74 Å². The van der Waals surface area contributed by atoms with E-state index in [0.29, 0.717) is 5.75 Å². The molecule has 0 saturated carbocycles. The highest BCUT2D eigenvalue weighted by Gasteiger charge is 2.27. The number of hydrogen-bond donors (Lipinski definition) is 1. The molecule has 0 aliphatic heterocycles. The molecule has 0 aliphatic rings. The van der Waals surface area contributed by atoms with Gasteiger partial charge in [-0.25, -0.2) is 0 Å². The lowest BCUT2D eigenvalue weighted by Crippen LogP contribution is -2.19. The smallest absolute Gasteiger partial charge is 0.411 e. The molecule has 0 amide bonds. The molecule has 1 N–H and O–H groups in total. The van der Waals surface area contributed by atoms with Crippen LogP contribution in [0.3, 0.4) is 0 Å². The molecule has 0 bridgehead atoms. The zero-order chi connectivity index (χ0) is 12.7. The van der Waals surface area contributed by atoms with E-state index in [2.05, 4.69) is 10.1 Å². The maximum Gasteiger partial charge on any atom is 0.411 e. The molecule has 1 aromatic rings. The lowest BCUT2D eigenvalue weighted by atomic mass is 10.3. The van der Waals surface area contributed by atoms with Gasteiger partial charge in [0.15, 0.2) is 0 Å². The molecule has 0 atom stereocenters. The van der Waals surface area contributed by atoms with Crippen LogP contribution in [0.15, 0.2) is 24.3 Å². The van der Waals surface area contributed by atoms with Crippen LogP contribution in [0.1, 0.15) is 0 Å². The molecular formula is C11H14F3NO2. The SMILES string of the molecule is CNc1ccc(OCCOCC(F)(F)F)cc1. The van der Waals surface area contributed by atoms with Crippen LogP contribution in [0.5, 0.6) is 5.75 Å². The van der Waals surface area contributed by atoms with Gasteiger partial charge >= 0.3 is 6.18 Å². The molecule has 0 saturated heterocycles. The average molecular weight is 249 g/mol. The first-order chi connectivity index (χ1) is 8.01. The number of halogens is 3. The molecule has 0 aliphatic carbocycles. The average Bonchev–Trinajstić information content (AvgIpc) is 2.28. The van der Waals surface area contributed by atoms with Gasteiger partial charge in [0.2, 0.25) is 0 Å². The zero-order valence-corrected chi connectivity index (χ0v) is 9.38. The van der Waals surface area contributed by atoms with Gasteiger partial charge in [0.1, 0.15) is 19.0 Å². The number of benzene rings is 1. The van der Waals surface area contributed by atoms with Gasteiger partial charge in [-0.2, -0.15) is 13.2 Å². The molecule has 0 radical (unpaired) electrons. The first-order valence-electron chi connectivity index (χ1n) is 5.06. The number of nitrogens with one attached hydrogen (secondary N) is 1. The summed E-state index contributed by atoms with van der Waals surface area (Å²) in [6.07, 6.45) is -4.28. The molecule has 0 unspecified atom stereocenters. The van der Waals surface area contributed by atoms with Crippen LogP contribution in [-0.4, -0.2) is 33.0 Å². The van der Waals surface area contributed by atoms with Crippen molar-refractivity contribution in [3.05, 3.63) is 24.3 Å². The number of anilines is 1. The maximum absolute atomic E-state index is 11.7. The summed E-state index contributed by atoms with van der Waals surface area (Å²) in [5, 5.41) is 2.94. The molecule has 0 aromatic heterocycles. The van der Waals surface area contributed by atoms with Crippen LogP contribution in [0.25, 0.3) is 0 Å². The van der Waals surface area contributed by atoms with E-state index in [9.17, 15) is 13.2 Å². The fourth-order valence-electron chi connectivity index (χ4n) is 1.12. The summed E-state index contributed by atoms with van der Waals surface area (Å²) in [6, 6.07) is 7.09. The van der Waals surface area contributed by atoms with Crippen molar-refractivity contribution in [2.45, 2.75) is 6.18 Å². The highest BCUT2D eigenvalue weighted by Crippen LogP contribution is 2.16. The van der Waals surface area contributed by atoms with Crippen molar-refractivity contribution < 1.29 is 22.6 Å². The highest BCUT2D eigenvalue weighted by atomic mass is 19.4. The minimum Gasteiger partial charge on any atom is -0.491 e. The second-order valence-corrected chi connectivity index (χ2v) is 3.29. The van der Waals surface area contributed by atoms with Gasteiger partial charge in [-0.3, -0.25) is 0 Å². The Kier molecular flexibility index (Phi) is 5.09. The fourth-order valence-corrected chi connectivity index (χ4v) is 1.12. The molecule has 6 heteroatoms. The summed E-state index contributed by atoms with van der Waals surface area (Å²) in [6.45, 7) is -1.24. The van der Waals surface area contributed by atoms with Crippen LogP contribution in [0, 0.1) is 0 Å². The van der Waals surface area contributed by atoms with E-state index >= 15 is 0 Å². The van der Waals surface area contributed by atoms with Crippen LogP contribution in [0.2, 0.25) is 0 Å². The standard InChI is InChI=1S/C11H14F3NO2/c1-15-9-2-4-10(5-3-9)17-7-6-16-8-11(12,13)14/h2-5,15H,6-8H2,1H3. The van der Waals surface area contributed by atoms with Crippen LogP contribution in [0.4, 0.5) is 18.9 Å². The van der Waals surface area contributed by atoms with Crippen molar-refractivity contribution in [1.29, 1.82) is 0 Å². The molecular weight excluding hydrogens is 235 g/mol. The van der Waals surface area contributed by atoms with Crippen molar-refractivity contribution in [1.82, 2.24) is 0 Å². The Balaban J connectivity index is 2.18. The fraction of sp³-hybridized carbons (Fsp3) is 0.455. The second-order valence-electron chi connectivity index (χ2n) is 3.29. The minimum absolute atomic E-state index is 0.0900. The summed E-state index contributed by atoms with van der Waals surface area (Å²) in [7, 11) is 1.79. The van der Waals surface area contributed by atoms with Gasteiger partial charge in [-0.1, -0.05) is 0 Å². The van der Waals surface area contributed by atoms with E-state index in [4.69, 9.17) is 4.74 Å². The van der Waals surface area contributed by atoms with Crippen molar-refractivity contribution in [2.75, 3.05) is 32.2 Å². The zero-order valence-electron chi connectivity index (χ0n) is 9.38. The van der Waals surface area contributed by atoms with Gasteiger partial charge in [0.05, 0.1) is 6.61 Å². The van der Waals surface area contributed by atoms with Gasteiger partial charge in [-0.15, -0.1) is 0 Å². The Labute approximate surface area is 97.5 Å². The number of alkyl halides is 3. The summed E-state index contributed by atoms with van der Waals surface area (Å²) >= 11 is 0. The van der Waals surface area contributed by atoms with Crippen LogP contribution >= 0.6 is 0 Å². The quantitative estimate of drug-likeness (QED) is 0.786. The van der Waals surface area contributed by atoms with E-state index in [-0.39, 0.29) is 13.2 Å². The van der Waals surface area contributed by atoms with Gasteiger partial charge in [0, 0.05) is 12.7 Å². The third-order valence-corrected chi connectivity index (χ3v) is 1.91. The van der Waals surface area contributed by atoms with E-state index in [0.717, 1.165) is 5.69 Å². The predicted octanol–water partition coefficient (Wildman–Crippen LogP) is 2.69. The number of hydrogen-bond acceptors (Lipinski definition) is 3. The Bertz CT molecular complexity index is 324. The molecule has 0 heterocycles. The van der Waals surface area contributed by atoms with Crippen molar-refractivity contribution >= 4 is 5.69 Å². The molecule has 0 spiro atoms. The Morgan fingerprint density at radius 1 is 1.12 bits per heavy atom. The van der Waals surface area contributed by atoms with Gasteiger partial charge < -0.3 is 14.8 Å². The second kappa shape index (κ2) is 6.34. The Morgan fingerprint density at radius 3 is 2.29 bits per heavy atom. The first-order valence-corrected chi connectivity index (χ1v) is 5.06. The van der Waals surface area contributed by atoms with E-state index in [1.165, 1.54) is 0 Å². The monoisotopic (exact) mass is 249 g/mol. The first kappa shape index (κ1) is 13.6. The van der Waals surface area contributed by atoms with E-state index in [1.54, 1.807) is 19.2 Å². The summed E-state index contributed by atoms with van der Waals surface area (Å²) in [5.74, 6) is 0.597. The highest BCUT2D eigenvalue weighted by molar-refractivity contribution is 5.45. The third-order valence-electron chi connectivity index (χ3n) is 1.91. The normalized spacial score (nSPS) is 11.3. The molecule has 3 nitrogen and oxygen atoms in total. The van der Waals surface area contributed by atoms with Crippen molar-refractivity contribution in [3.63, 3.8) is 0 Å². The third kappa shape index (κ3) is 6.01. The largest absolute Gasteiger partial charge is 0.491 e. The summed E-state index contributed by atoms with van der Waals surface area (Å²) in [4.78, 5) is 0. The Morgan fingerprint density at radius 2 is 1.76 bits per heavy atom. The van der Waals surface area contributed by atoms with Gasteiger partial charge in [-0.05, 0) is 24.3 Å². The summed E-state index contributed by atoms with van der Waals surface area (Å²) in [5.41, 5.74) is 0.936. The van der Waals surface area contributed by atoms with Crippen molar-refractivity contribution in [2.24, 2.45) is 0 Å². The molecule has 1 rings (SSSR count). The topological polar surface area (TPSA) is 30.5 Å². The maximum atomic E-state index is 11.7. The molecule has 1 aromatic carbocycles. The molecule has 17 heavy (non-hydrogen) atoms. The lowest BCUT2D eigenvalue weighted by molar-refractivity contribution is -0.175. The number of ether oxygens (including phenoxy) is 2. The number of rotatable bonds is 6. The van der Waals surface area contributed by atoms with Crippen molar-refractivity contribution in [3.8, 4) is 5.75 Å². The van der Waals surface area contributed by atoms with Gasteiger partial charge in [0.25, 0.3) is 0 Å². The Hall–Kier alpha value is -1.43. The summed E-state index contributed by atoms with van der Waals surface area (Å²) < 4.78 is 44.8.